The molecule has 0 aliphatic heterocycles. The van der Waals surface area contributed by atoms with Crippen LogP contribution in [0.3, 0.4) is 0 Å². The van der Waals surface area contributed by atoms with Crippen LogP contribution in [0, 0.1) is 0 Å². The van der Waals surface area contributed by atoms with E-state index in [0.29, 0.717) is 0 Å². The minimum atomic E-state index is 0.980. The molecule has 2 heterocycles. The van der Waals surface area contributed by atoms with E-state index in [9.17, 15) is 0 Å². The van der Waals surface area contributed by atoms with Gasteiger partial charge in [-0.2, -0.15) is 0 Å². The molecular formula is C25H16S2. The third-order valence-electron chi connectivity index (χ3n) is 5.35. The van der Waals surface area contributed by atoms with Crippen molar-refractivity contribution in [1.29, 1.82) is 0 Å². The maximum atomic E-state index is 2.30. The Hall–Kier alpha value is -2.68. The molecule has 0 fully saturated rings. The summed E-state index contributed by atoms with van der Waals surface area (Å²) in [6, 6.07) is 31.0. The molecule has 27 heavy (non-hydrogen) atoms. The molecule has 2 heteroatoms. The van der Waals surface area contributed by atoms with Crippen molar-refractivity contribution in [3.63, 3.8) is 0 Å². The van der Waals surface area contributed by atoms with Crippen LogP contribution >= 0.6 is 22.7 Å². The van der Waals surface area contributed by atoms with Gasteiger partial charge in [-0.15, -0.1) is 22.7 Å². The Labute approximate surface area is 165 Å². The monoisotopic (exact) mass is 380 g/mol. The summed E-state index contributed by atoms with van der Waals surface area (Å²) < 4.78 is 5.61. The molecule has 128 valence electrons. The minimum absolute atomic E-state index is 0.980. The van der Waals surface area contributed by atoms with E-state index >= 15 is 0 Å². The number of thiophene rings is 2. The molecule has 0 bridgehead atoms. The number of hydrogen-bond acceptors (Lipinski definition) is 2. The first-order chi connectivity index (χ1) is 13.4. The molecule has 0 radical (unpaired) electrons. The maximum Gasteiger partial charge on any atom is 0.0390 e. The normalized spacial score (nSPS) is 11.9. The summed E-state index contributed by atoms with van der Waals surface area (Å²) in [5, 5.41) is 5.52. The lowest BCUT2D eigenvalue weighted by Gasteiger charge is -2.05. The molecule has 0 unspecified atom stereocenters. The molecule has 0 nitrogen and oxygen atoms in total. The third-order valence-corrected chi connectivity index (χ3v) is 7.88. The predicted octanol–water partition coefficient (Wildman–Crippen LogP) is 8.01. The predicted molar refractivity (Wildman–Crippen MR) is 121 cm³/mol. The van der Waals surface area contributed by atoms with Gasteiger partial charge in [0, 0.05) is 46.8 Å². The molecule has 4 aromatic carbocycles. The van der Waals surface area contributed by atoms with E-state index in [1.807, 2.05) is 22.7 Å². The fourth-order valence-electron chi connectivity index (χ4n) is 4.09. The first-order valence-corrected chi connectivity index (χ1v) is 10.8. The lowest BCUT2D eigenvalue weighted by atomic mass is 10.0. The van der Waals surface area contributed by atoms with Gasteiger partial charge in [-0.25, -0.2) is 0 Å². The van der Waals surface area contributed by atoms with Gasteiger partial charge in [0.15, 0.2) is 0 Å². The molecule has 0 atom stereocenters. The summed E-state index contributed by atoms with van der Waals surface area (Å²) in [5.74, 6) is 0. The van der Waals surface area contributed by atoms with E-state index in [2.05, 4.69) is 84.9 Å². The zero-order valence-electron chi connectivity index (χ0n) is 14.6. The van der Waals surface area contributed by atoms with Gasteiger partial charge in [-0.05, 0) is 23.3 Å². The van der Waals surface area contributed by atoms with Gasteiger partial charge in [-0.3, -0.25) is 0 Å². The van der Waals surface area contributed by atoms with Crippen molar-refractivity contribution in [2.24, 2.45) is 0 Å². The Balaban J connectivity index is 1.57. The van der Waals surface area contributed by atoms with E-state index in [-0.39, 0.29) is 0 Å². The van der Waals surface area contributed by atoms with Crippen LogP contribution in [-0.2, 0) is 6.42 Å². The van der Waals surface area contributed by atoms with Gasteiger partial charge < -0.3 is 0 Å². The van der Waals surface area contributed by atoms with Crippen molar-refractivity contribution in [3.8, 4) is 0 Å². The van der Waals surface area contributed by atoms with Crippen molar-refractivity contribution in [2.75, 3.05) is 0 Å². The number of hydrogen-bond donors (Lipinski definition) is 0. The fourth-order valence-corrected chi connectivity index (χ4v) is 6.52. The lowest BCUT2D eigenvalue weighted by molar-refractivity contribution is 1.25. The van der Waals surface area contributed by atoms with E-state index in [4.69, 9.17) is 0 Å². The molecule has 0 saturated heterocycles. The zero-order valence-corrected chi connectivity index (χ0v) is 16.2. The summed E-state index contributed by atoms with van der Waals surface area (Å²) in [6.45, 7) is 0. The minimum Gasteiger partial charge on any atom is -0.135 e. The van der Waals surface area contributed by atoms with Crippen molar-refractivity contribution < 1.29 is 0 Å². The second kappa shape index (κ2) is 5.91. The largest absolute Gasteiger partial charge is 0.135 e. The molecule has 0 spiro atoms. The van der Waals surface area contributed by atoms with Crippen molar-refractivity contribution in [1.82, 2.24) is 0 Å². The van der Waals surface area contributed by atoms with Gasteiger partial charge in [0.05, 0.1) is 0 Å². The van der Waals surface area contributed by atoms with Crippen LogP contribution in [0.5, 0.6) is 0 Å². The third kappa shape index (κ3) is 2.34. The van der Waals surface area contributed by atoms with Crippen LogP contribution in [-0.4, -0.2) is 0 Å². The first-order valence-electron chi connectivity index (χ1n) is 9.17. The Bertz CT molecular complexity index is 1340. The van der Waals surface area contributed by atoms with Crippen molar-refractivity contribution >= 4 is 63.0 Å². The lowest BCUT2D eigenvalue weighted by Crippen LogP contribution is -1.88. The molecule has 0 N–H and O–H groups in total. The SMILES string of the molecule is c1ccc2c(c1)sc1c(Cc3cccc4c3sc3ccccc34)cccc12. The van der Waals surface area contributed by atoms with Gasteiger partial charge in [-0.1, -0.05) is 72.8 Å². The highest BCUT2D eigenvalue weighted by atomic mass is 32.1. The molecule has 0 aliphatic carbocycles. The fraction of sp³-hybridized carbons (Fsp3) is 0.0400. The van der Waals surface area contributed by atoms with Gasteiger partial charge in [0.1, 0.15) is 0 Å². The Morgan fingerprint density at radius 3 is 1.41 bits per heavy atom. The molecule has 2 aromatic heterocycles. The van der Waals surface area contributed by atoms with Gasteiger partial charge in [0.2, 0.25) is 0 Å². The van der Waals surface area contributed by atoms with Crippen LogP contribution in [0.1, 0.15) is 11.1 Å². The summed E-state index contributed by atoms with van der Waals surface area (Å²) in [7, 11) is 0. The number of fused-ring (bicyclic) bond motifs is 6. The van der Waals surface area contributed by atoms with E-state index in [1.165, 1.54) is 51.5 Å². The van der Waals surface area contributed by atoms with Crippen LogP contribution in [0.15, 0.2) is 84.9 Å². The van der Waals surface area contributed by atoms with Gasteiger partial charge in [0.25, 0.3) is 0 Å². The first kappa shape index (κ1) is 15.4. The standard InChI is InChI=1S/C25H16S2/c1-3-13-22-18(9-1)20-11-5-7-16(24(20)26-22)15-17-8-6-12-21-19-10-2-4-14-23(19)27-25(17)21/h1-14H,15H2. The average molecular weight is 381 g/mol. The second-order valence-corrected chi connectivity index (χ2v) is 9.07. The molecule has 6 aromatic rings. The summed E-state index contributed by atoms with van der Waals surface area (Å²) in [6.07, 6.45) is 0.980. The van der Waals surface area contributed by atoms with E-state index in [0.717, 1.165) is 6.42 Å². The highest BCUT2D eigenvalue weighted by molar-refractivity contribution is 7.26. The zero-order chi connectivity index (χ0) is 17.8. The Morgan fingerprint density at radius 1 is 0.444 bits per heavy atom. The molecule has 6 rings (SSSR count). The summed E-state index contributed by atoms with van der Waals surface area (Å²) in [4.78, 5) is 0. The highest BCUT2D eigenvalue weighted by Gasteiger charge is 2.12. The molecular weight excluding hydrogens is 364 g/mol. The Morgan fingerprint density at radius 2 is 0.889 bits per heavy atom. The second-order valence-electron chi connectivity index (χ2n) is 6.96. The quantitative estimate of drug-likeness (QED) is 0.285. The van der Waals surface area contributed by atoms with Crippen LogP contribution < -0.4 is 0 Å². The smallest absolute Gasteiger partial charge is 0.0390 e. The van der Waals surface area contributed by atoms with Crippen molar-refractivity contribution in [3.05, 3.63) is 96.1 Å². The van der Waals surface area contributed by atoms with Crippen LogP contribution in [0.2, 0.25) is 0 Å². The Kier molecular flexibility index (Phi) is 3.37. The summed E-state index contributed by atoms with van der Waals surface area (Å²) in [5.41, 5.74) is 2.86. The van der Waals surface area contributed by atoms with Crippen LogP contribution in [0.25, 0.3) is 40.3 Å². The molecule has 0 saturated carbocycles. The highest BCUT2D eigenvalue weighted by Crippen LogP contribution is 2.39. The molecule has 0 aliphatic rings. The van der Waals surface area contributed by atoms with Gasteiger partial charge >= 0.3 is 0 Å². The van der Waals surface area contributed by atoms with E-state index in [1.54, 1.807) is 0 Å². The van der Waals surface area contributed by atoms with Crippen LogP contribution in [0.4, 0.5) is 0 Å². The average Bonchev–Trinajstić information content (AvgIpc) is 3.28. The number of rotatable bonds is 2. The summed E-state index contributed by atoms with van der Waals surface area (Å²) >= 11 is 3.84. The van der Waals surface area contributed by atoms with Crippen molar-refractivity contribution in [2.45, 2.75) is 6.42 Å². The number of benzene rings is 4. The van der Waals surface area contributed by atoms with E-state index < -0.39 is 0 Å². The molecule has 0 amide bonds. The topological polar surface area (TPSA) is 0 Å². The maximum absolute atomic E-state index is 2.30.